The van der Waals surface area contributed by atoms with Crippen LogP contribution in [0.2, 0.25) is 0 Å². The predicted octanol–water partition coefficient (Wildman–Crippen LogP) is 2.27. The second kappa shape index (κ2) is 5.72. The van der Waals surface area contributed by atoms with Crippen molar-refractivity contribution >= 4 is 0 Å². The molecule has 2 N–H and O–H groups in total. The van der Waals surface area contributed by atoms with E-state index < -0.39 is 0 Å². The normalized spacial score (nSPS) is 28.1. The van der Waals surface area contributed by atoms with Crippen LogP contribution >= 0.6 is 0 Å². The molecule has 1 aromatic rings. The number of aliphatic hydroxyl groups is 1. The Labute approximate surface area is 109 Å². The van der Waals surface area contributed by atoms with Gasteiger partial charge in [0.05, 0.1) is 6.61 Å². The minimum atomic E-state index is -0.159. The highest BCUT2D eigenvalue weighted by Gasteiger charge is 2.35. The topological polar surface area (TPSA) is 41.5 Å². The Kier molecular flexibility index (Phi) is 4.25. The van der Waals surface area contributed by atoms with E-state index >= 15 is 0 Å². The lowest BCUT2D eigenvalue weighted by Crippen LogP contribution is -2.52. The van der Waals surface area contributed by atoms with Crippen molar-refractivity contribution in [3.05, 3.63) is 29.8 Å². The third-order valence-electron chi connectivity index (χ3n) is 3.96. The Morgan fingerprint density at radius 1 is 1.39 bits per heavy atom. The molecule has 0 bridgehead atoms. The van der Waals surface area contributed by atoms with Crippen molar-refractivity contribution in [1.82, 2.24) is 5.32 Å². The molecule has 1 aliphatic carbocycles. The van der Waals surface area contributed by atoms with Gasteiger partial charge in [0.1, 0.15) is 11.9 Å². The van der Waals surface area contributed by atoms with E-state index in [2.05, 4.69) is 24.4 Å². The van der Waals surface area contributed by atoms with Gasteiger partial charge >= 0.3 is 0 Å². The third kappa shape index (κ3) is 3.03. The first-order chi connectivity index (χ1) is 8.67. The fourth-order valence-corrected chi connectivity index (χ4v) is 2.67. The van der Waals surface area contributed by atoms with Gasteiger partial charge in [0.25, 0.3) is 0 Å². The Hall–Kier alpha value is -1.06. The number of hydrogen-bond donors (Lipinski definition) is 2. The molecule has 3 heteroatoms. The molecule has 2 unspecified atom stereocenters. The average molecular weight is 249 g/mol. The minimum absolute atomic E-state index is 0.159. The van der Waals surface area contributed by atoms with E-state index in [0.717, 1.165) is 31.4 Å². The molecule has 0 saturated heterocycles. The predicted molar refractivity (Wildman–Crippen MR) is 72.9 cm³/mol. The van der Waals surface area contributed by atoms with E-state index in [4.69, 9.17) is 4.74 Å². The molecule has 1 aromatic carbocycles. The highest BCUT2D eigenvalue weighted by molar-refractivity contribution is 5.26. The average Bonchev–Trinajstić information content (AvgIpc) is 2.41. The van der Waals surface area contributed by atoms with Gasteiger partial charge in [-0.25, -0.2) is 0 Å². The molecule has 3 nitrogen and oxygen atoms in total. The molecule has 0 spiro atoms. The van der Waals surface area contributed by atoms with Gasteiger partial charge in [-0.3, -0.25) is 0 Å². The maximum Gasteiger partial charge on any atom is 0.119 e. The molecule has 0 aliphatic heterocycles. The van der Waals surface area contributed by atoms with E-state index in [1.807, 2.05) is 19.2 Å². The molecular weight excluding hydrogens is 226 g/mol. The highest BCUT2D eigenvalue weighted by Crippen LogP contribution is 2.30. The number of aryl methyl sites for hydroxylation is 1. The van der Waals surface area contributed by atoms with Crippen molar-refractivity contribution in [2.24, 2.45) is 0 Å². The number of hydrogen-bond acceptors (Lipinski definition) is 3. The molecule has 1 aliphatic rings. The highest BCUT2D eigenvalue weighted by atomic mass is 16.5. The van der Waals surface area contributed by atoms with Gasteiger partial charge in [-0.05, 0) is 45.4 Å². The molecule has 2 atom stereocenters. The number of rotatable bonds is 4. The van der Waals surface area contributed by atoms with Crippen molar-refractivity contribution in [2.75, 3.05) is 13.7 Å². The second-order valence-corrected chi connectivity index (χ2v) is 5.34. The van der Waals surface area contributed by atoms with Gasteiger partial charge in [0.2, 0.25) is 0 Å². The SMILES string of the molecule is CNC1(CO)CCCC(Oc2ccc(C)cc2)C1. The summed E-state index contributed by atoms with van der Waals surface area (Å²) in [5.41, 5.74) is 1.08. The molecule has 1 saturated carbocycles. The maximum atomic E-state index is 9.54. The fraction of sp³-hybridized carbons (Fsp3) is 0.600. The zero-order valence-corrected chi connectivity index (χ0v) is 11.3. The van der Waals surface area contributed by atoms with Gasteiger partial charge < -0.3 is 15.2 Å². The number of nitrogens with one attached hydrogen (secondary N) is 1. The van der Waals surface area contributed by atoms with Crippen molar-refractivity contribution in [2.45, 2.75) is 44.2 Å². The van der Waals surface area contributed by atoms with Crippen molar-refractivity contribution in [3.63, 3.8) is 0 Å². The fourth-order valence-electron chi connectivity index (χ4n) is 2.67. The van der Waals surface area contributed by atoms with Crippen molar-refractivity contribution < 1.29 is 9.84 Å². The van der Waals surface area contributed by atoms with Crippen molar-refractivity contribution in [1.29, 1.82) is 0 Å². The second-order valence-electron chi connectivity index (χ2n) is 5.34. The largest absolute Gasteiger partial charge is 0.490 e. The van der Waals surface area contributed by atoms with Gasteiger partial charge in [-0.15, -0.1) is 0 Å². The Balaban J connectivity index is 1.99. The van der Waals surface area contributed by atoms with E-state index in [0.29, 0.717) is 0 Å². The first-order valence-electron chi connectivity index (χ1n) is 6.70. The Bertz CT molecular complexity index is 371. The Morgan fingerprint density at radius 2 is 2.11 bits per heavy atom. The molecule has 0 heterocycles. The standard InChI is InChI=1S/C15H23NO2/c1-12-5-7-13(8-6-12)18-14-4-3-9-15(10-14,11-17)16-2/h5-8,14,16-17H,3-4,9-11H2,1-2H3. The lowest BCUT2D eigenvalue weighted by molar-refractivity contribution is 0.0554. The van der Waals surface area contributed by atoms with Gasteiger partial charge in [0.15, 0.2) is 0 Å². The van der Waals surface area contributed by atoms with E-state index in [1.54, 1.807) is 0 Å². The summed E-state index contributed by atoms with van der Waals surface area (Å²) in [4.78, 5) is 0. The summed E-state index contributed by atoms with van der Waals surface area (Å²) in [6.45, 7) is 2.25. The number of benzene rings is 1. The molecule has 0 radical (unpaired) electrons. The van der Waals surface area contributed by atoms with Crippen LogP contribution in [0.15, 0.2) is 24.3 Å². The maximum absolute atomic E-state index is 9.54. The summed E-state index contributed by atoms with van der Waals surface area (Å²) in [7, 11) is 1.92. The third-order valence-corrected chi connectivity index (χ3v) is 3.96. The van der Waals surface area contributed by atoms with Crippen LogP contribution in [-0.2, 0) is 0 Å². The number of ether oxygens (including phenoxy) is 1. The van der Waals surface area contributed by atoms with Crippen LogP contribution < -0.4 is 10.1 Å². The summed E-state index contributed by atoms with van der Waals surface area (Å²) in [6, 6.07) is 8.17. The van der Waals surface area contributed by atoms with Crippen LogP contribution in [0.1, 0.15) is 31.2 Å². The van der Waals surface area contributed by atoms with Gasteiger partial charge in [-0.1, -0.05) is 17.7 Å². The van der Waals surface area contributed by atoms with E-state index in [9.17, 15) is 5.11 Å². The first-order valence-corrected chi connectivity index (χ1v) is 6.70. The number of likely N-dealkylation sites (N-methyl/N-ethyl adjacent to an activating group) is 1. The zero-order chi connectivity index (χ0) is 13.0. The molecule has 18 heavy (non-hydrogen) atoms. The summed E-state index contributed by atoms with van der Waals surface area (Å²) in [6.07, 6.45) is 4.25. The Morgan fingerprint density at radius 3 is 2.72 bits per heavy atom. The lowest BCUT2D eigenvalue weighted by Gasteiger charge is -2.39. The summed E-state index contributed by atoms with van der Waals surface area (Å²) in [5, 5.41) is 12.8. The first kappa shape index (κ1) is 13.4. The molecule has 0 aromatic heterocycles. The summed E-state index contributed by atoms with van der Waals surface area (Å²) >= 11 is 0. The van der Waals surface area contributed by atoms with E-state index in [1.165, 1.54) is 5.56 Å². The molecule has 2 rings (SSSR count). The van der Waals surface area contributed by atoms with Crippen LogP contribution in [0.3, 0.4) is 0 Å². The number of aliphatic hydroxyl groups excluding tert-OH is 1. The van der Waals surface area contributed by atoms with Crippen LogP contribution in [0.5, 0.6) is 5.75 Å². The minimum Gasteiger partial charge on any atom is -0.490 e. The smallest absolute Gasteiger partial charge is 0.119 e. The molecular formula is C15H23NO2. The van der Waals surface area contributed by atoms with Crippen LogP contribution in [0, 0.1) is 6.92 Å². The molecule has 100 valence electrons. The van der Waals surface area contributed by atoms with Crippen LogP contribution in [0.25, 0.3) is 0 Å². The van der Waals surface area contributed by atoms with Crippen molar-refractivity contribution in [3.8, 4) is 5.75 Å². The summed E-state index contributed by atoms with van der Waals surface area (Å²) < 4.78 is 6.02. The monoisotopic (exact) mass is 249 g/mol. The summed E-state index contributed by atoms with van der Waals surface area (Å²) in [5.74, 6) is 0.926. The van der Waals surface area contributed by atoms with E-state index in [-0.39, 0.29) is 18.2 Å². The van der Waals surface area contributed by atoms with Crippen LogP contribution in [-0.4, -0.2) is 30.4 Å². The quantitative estimate of drug-likeness (QED) is 0.860. The van der Waals surface area contributed by atoms with Gasteiger partial charge in [-0.2, -0.15) is 0 Å². The van der Waals surface area contributed by atoms with Gasteiger partial charge in [0, 0.05) is 12.0 Å². The lowest BCUT2D eigenvalue weighted by atomic mass is 9.81. The van der Waals surface area contributed by atoms with Crippen LogP contribution in [0.4, 0.5) is 0 Å². The zero-order valence-electron chi connectivity index (χ0n) is 11.3. The molecule has 0 amide bonds. The molecule has 1 fully saturated rings.